The molecule has 0 amide bonds. The fourth-order valence-electron chi connectivity index (χ4n) is 2.44. The number of nitrogens with one attached hydrogen (secondary N) is 1. The number of methoxy groups -OCH3 is 1. The second-order valence-corrected chi connectivity index (χ2v) is 6.44. The highest BCUT2D eigenvalue weighted by Gasteiger charge is 2.41. The van der Waals surface area contributed by atoms with Gasteiger partial charge in [0.05, 0.1) is 12.3 Å². The Hall–Kier alpha value is -1.49. The standard InChI is InChI=1S/C16H25N3O2/c1-20-9-8-16(6-7-16)11-18-14-5-4-13(17)15(19-14)21-10-12-2-3-12/h4-5,12H,2-3,6-11,17H2,1H3,(H,18,19). The summed E-state index contributed by atoms with van der Waals surface area (Å²) in [5, 5.41) is 3.42. The molecule has 2 aliphatic carbocycles. The zero-order valence-corrected chi connectivity index (χ0v) is 12.7. The number of aromatic nitrogens is 1. The molecule has 116 valence electrons. The maximum Gasteiger partial charge on any atom is 0.239 e. The molecule has 21 heavy (non-hydrogen) atoms. The fraction of sp³-hybridized carbons (Fsp3) is 0.688. The molecule has 0 saturated heterocycles. The number of rotatable bonds is 9. The Morgan fingerprint density at radius 3 is 2.86 bits per heavy atom. The molecular formula is C16H25N3O2. The minimum atomic E-state index is 0.397. The van der Waals surface area contributed by atoms with E-state index < -0.39 is 0 Å². The number of nitrogens with two attached hydrogens (primary N) is 1. The Labute approximate surface area is 126 Å². The molecule has 0 aromatic carbocycles. The zero-order chi connectivity index (χ0) is 14.7. The maximum atomic E-state index is 5.92. The number of nitrogen functional groups attached to an aromatic ring is 1. The van der Waals surface area contributed by atoms with Crippen molar-refractivity contribution in [3.05, 3.63) is 12.1 Å². The lowest BCUT2D eigenvalue weighted by molar-refractivity contribution is 0.175. The molecule has 5 heteroatoms. The van der Waals surface area contributed by atoms with Crippen molar-refractivity contribution < 1.29 is 9.47 Å². The first-order valence-corrected chi connectivity index (χ1v) is 7.83. The first kappa shape index (κ1) is 14.4. The highest BCUT2D eigenvalue weighted by atomic mass is 16.5. The van der Waals surface area contributed by atoms with Crippen molar-refractivity contribution in [1.29, 1.82) is 0 Å². The van der Waals surface area contributed by atoms with Crippen LogP contribution in [0.2, 0.25) is 0 Å². The molecule has 0 spiro atoms. The highest BCUT2D eigenvalue weighted by molar-refractivity contribution is 5.53. The van der Waals surface area contributed by atoms with Gasteiger partial charge in [0, 0.05) is 20.3 Å². The van der Waals surface area contributed by atoms with Crippen LogP contribution in [0.3, 0.4) is 0 Å². The summed E-state index contributed by atoms with van der Waals surface area (Å²) in [4.78, 5) is 4.49. The molecule has 1 heterocycles. The molecule has 2 aliphatic rings. The van der Waals surface area contributed by atoms with Gasteiger partial charge in [-0.2, -0.15) is 4.98 Å². The molecule has 2 saturated carbocycles. The summed E-state index contributed by atoms with van der Waals surface area (Å²) < 4.78 is 10.9. The summed E-state index contributed by atoms with van der Waals surface area (Å²) in [6.45, 7) is 2.50. The molecule has 0 radical (unpaired) electrons. The van der Waals surface area contributed by atoms with Crippen LogP contribution in [0.5, 0.6) is 5.88 Å². The number of nitrogens with zero attached hydrogens (tertiary/aromatic N) is 1. The van der Waals surface area contributed by atoms with Crippen molar-refractivity contribution in [2.75, 3.05) is 37.9 Å². The molecule has 5 nitrogen and oxygen atoms in total. The van der Waals surface area contributed by atoms with Gasteiger partial charge >= 0.3 is 0 Å². The maximum absolute atomic E-state index is 5.92. The van der Waals surface area contributed by atoms with Crippen LogP contribution in [-0.4, -0.2) is 31.9 Å². The zero-order valence-electron chi connectivity index (χ0n) is 12.7. The van der Waals surface area contributed by atoms with E-state index in [1.807, 2.05) is 12.1 Å². The van der Waals surface area contributed by atoms with Gasteiger partial charge in [0.2, 0.25) is 5.88 Å². The van der Waals surface area contributed by atoms with Crippen molar-refractivity contribution >= 4 is 11.5 Å². The predicted octanol–water partition coefficient (Wildman–Crippen LogP) is 2.68. The Morgan fingerprint density at radius 2 is 2.19 bits per heavy atom. The molecule has 0 unspecified atom stereocenters. The van der Waals surface area contributed by atoms with Crippen molar-refractivity contribution in [3.8, 4) is 5.88 Å². The third-order valence-corrected chi connectivity index (χ3v) is 4.48. The van der Waals surface area contributed by atoms with Crippen molar-refractivity contribution in [3.63, 3.8) is 0 Å². The smallest absolute Gasteiger partial charge is 0.239 e. The number of pyridine rings is 1. The molecule has 3 N–H and O–H groups in total. The van der Waals surface area contributed by atoms with Crippen LogP contribution in [0.4, 0.5) is 11.5 Å². The van der Waals surface area contributed by atoms with E-state index in [0.29, 0.717) is 22.9 Å². The van der Waals surface area contributed by atoms with Gasteiger partial charge in [-0.1, -0.05) is 0 Å². The van der Waals surface area contributed by atoms with Crippen LogP contribution in [0.1, 0.15) is 32.1 Å². The fourth-order valence-corrected chi connectivity index (χ4v) is 2.44. The van der Waals surface area contributed by atoms with Gasteiger partial charge in [-0.15, -0.1) is 0 Å². The Balaban J connectivity index is 1.53. The van der Waals surface area contributed by atoms with E-state index >= 15 is 0 Å². The van der Waals surface area contributed by atoms with Gasteiger partial charge in [-0.3, -0.25) is 0 Å². The average molecular weight is 291 g/mol. The molecule has 1 aromatic rings. The van der Waals surface area contributed by atoms with Gasteiger partial charge in [-0.05, 0) is 55.6 Å². The third kappa shape index (κ3) is 4.00. The quantitative estimate of drug-likeness (QED) is 0.732. The van der Waals surface area contributed by atoms with Crippen LogP contribution in [0.15, 0.2) is 12.1 Å². The summed E-state index contributed by atoms with van der Waals surface area (Å²) in [5.41, 5.74) is 6.93. The topological polar surface area (TPSA) is 69.4 Å². The van der Waals surface area contributed by atoms with Gasteiger partial charge in [0.25, 0.3) is 0 Å². The lowest BCUT2D eigenvalue weighted by Gasteiger charge is -2.16. The number of hydrogen-bond donors (Lipinski definition) is 2. The molecule has 0 bridgehead atoms. The van der Waals surface area contributed by atoms with Crippen molar-refractivity contribution in [2.24, 2.45) is 11.3 Å². The van der Waals surface area contributed by atoms with E-state index in [9.17, 15) is 0 Å². The average Bonchev–Trinajstić information content (AvgIpc) is 3.39. The highest BCUT2D eigenvalue weighted by Crippen LogP contribution is 2.48. The molecular weight excluding hydrogens is 266 g/mol. The summed E-state index contributed by atoms with van der Waals surface area (Å²) in [7, 11) is 1.76. The summed E-state index contributed by atoms with van der Waals surface area (Å²) in [6.07, 6.45) is 6.17. The number of ether oxygens (including phenoxy) is 2. The van der Waals surface area contributed by atoms with Crippen LogP contribution in [0, 0.1) is 11.3 Å². The van der Waals surface area contributed by atoms with Crippen LogP contribution in [0.25, 0.3) is 0 Å². The second kappa shape index (κ2) is 6.10. The van der Waals surface area contributed by atoms with E-state index in [0.717, 1.165) is 32.0 Å². The molecule has 3 rings (SSSR count). The van der Waals surface area contributed by atoms with Crippen molar-refractivity contribution in [2.45, 2.75) is 32.1 Å². The molecule has 0 atom stereocenters. The normalized spacial score (nSPS) is 19.3. The number of anilines is 2. The van der Waals surface area contributed by atoms with Crippen LogP contribution < -0.4 is 15.8 Å². The first-order valence-electron chi connectivity index (χ1n) is 7.83. The van der Waals surface area contributed by atoms with Crippen molar-refractivity contribution in [1.82, 2.24) is 4.98 Å². The molecule has 0 aliphatic heterocycles. The summed E-state index contributed by atoms with van der Waals surface area (Å²) in [6, 6.07) is 3.79. The lowest BCUT2D eigenvalue weighted by Crippen LogP contribution is -2.18. The van der Waals surface area contributed by atoms with Crippen LogP contribution >= 0.6 is 0 Å². The first-order chi connectivity index (χ1) is 10.2. The lowest BCUT2D eigenvalue weighted by atomic mass is 10.0. The van der Waals surface area contributed by atoms with Gasteiger partial charge in [0.1, 0.15) is 5.82 Å². The monoisotopic (exact) mass is 291 g/mol. The van der Waals surface area contributed by atoms with E-state index in [-0.39, 0.29) is 0 Å². The van der Waals surface area contributed by atoms with E-state index in [2.05, 4.69) is 10.3 Å². The number of hydrogen-bond acceptors (Lipinski definition) is 5. The molecule has 1 aromatic heterocycles. The molecule has 2 fully saturated rings. The summed E-state index contributed by atoms with van der Waals surface area (Å²) in [5.74, 6) is 2.11. The van der Waals surface area contributed by atoms with E-state index in [1.54, 1.807) is 7.11 Å². The Kier molecular flexibility index (Phi) is 4.19. The van der Waals surface area contributed by atoms with E-state index in [1.165, 1.54) is 25.7 Å². The Morgan fingerprint density at radius 1 is 1.38 bits per heavy atom. The Bertz CT molecular complexity index is 484. The minimum Gasteiger partial charge on any atom is -0.476 e. The second-order valence-electron chi connectivity index (χ2n) is 6.44. The summed E-state index contributed by atoms with van der Waals surface area (Å²) >= 11 is 0. The third-order valence-electron chi connectivity index (χ3n) is 4.48. The van der Waals surface area contributed by atoms with Gasteiger partial charge in [-0.25, -0.2) is 0 Å². The van der Waals surface area contributed by atoms with E-state index in [4.69, 9.17) is 15.2 Å². The predicted molar refractivity (Wildman–Crippen MR) is 83.5 cm³/mol. The van der Waals surface area contributed by atoms with Gasteiger partial charge < -0.3 is 20.5 Å². The minimum absolute atomic E-state index is 0.397. The SMILES string of the molecule is COCCC1(CNc2ccc(N)c(OCC3CC3)n2)CC1. The van der Waals surface area contributed by atoms with Crippen LogP contribution in [-0.2, 0) is 4.74 Å². The van der Waals surface area contributed by atoms with Gasteiger partial charge in [0.15, 0.2) is 0 Å². The largest absolute Gasteiger partial charge is 0.476 e.